The van der Waals surface area contributed by atoms with Crippen LogP contribution in [-0.2, 0) is 16.1 Å². The molecule has 0 N–H and O–H groups in total. The van der Waals surface area contributed by atoms with Crippen LogP contribution in [0.3, 0.4) is 0 Å². The van der Waals surface area contributed by atoms with Crippen molar-refractivity contribution in [3.8, 4) is 11.8 Å². The Labute approximate surface area is 189 Å². The fraction of sp³-hybridized carbons (Fsp3) is 0.350. The number of rotatable bonds is 5. The maximum Gasteiger partial charge on any atom is 0.433 e. The number of carbonyl (C=O) groups is 1. The number of allylic oxidation sites excluding steroid dienone is 2. The first-order valence-corrected chi connectivity index (χ1v) is 10.1. The summed E-state index contributed by atoms with van der Waals surface area (Å²) in [6.45, 7) is -0.545. The number of alkyl halides is 4. The van der Waals surface area contributed by atoms with Gasteiger partial charge in [0.15, 0.2) is 11.3 Å². The molecule has 0 spiro atoms. The van der Waals surface area contributed by atoms with Crippen LogP contribution in [-0.4, -0.2) is 46.6 Å². The second kappa shape index (κ2) is 8.65. The minimum absolute atomic E-state index is 0.0236. The van der Waals surface area contributed by atoms with Crippen LogP contribution in [0.1, 0.15) is 12.0 Å². The lowest BCUT2D eigenvalue weighted by Gasteiger charge is -2.41. The van der Waals surface area contributed by atoms with Crippen molar-refractivity contribution in [2.75, 3.05) is 13.8 Å². The summed E-state index contributed by atoms with van der Waals surface area (Å²) >= 11 is 8.78. The summed E-state index contributed by atoms with van der Waals surface area (Å²) < 4.78 is 49.2. The summed E-state index contributed by atoms with van der Waals surface area (Å²) in [5.74, 6) is -0.436. The second-order valence-corrected chi connectivity index (χ2v) is 8.38. The van der Waals surface area contributed by atoms with Crippen molar-refractivity contribution in [2.24, 2.45) is 4.99 Å². The Balaban J connectivity index is 1.97. The fourth-order valence-electron chi connectivity index (χ4n) is 3.16. The van der Waals surface area contributed by atoms with Crippen molar-refractivity contribution in [1.82, 2.24) is 4.90 Å². The Morgan fingerprint density at radius 1 is 1.35 bits per heavy atom. The largest absolute Gasteiger partial charge is 0.497 e. The van der Waals surface area contributed by atoms with Crippen LogP contribution < -0.4 is 4.74 Å². The molecule has 1 aromatic rings. The standard InChI is InChI=1S/C20H16BrClF3N3O3/c1-30-15-6-4-13(5-7-15)10-28-12-27-16(20(23,24)25)19(21,17(28)29)31-18(11-26)8-2-3-14(22)9-18/h2-7,9H,8,10,12H2,1H3. The van der Waals surface area contributed by atoms with E-state index in [0.29, 0.717) is 11.3 Å². The van der Waals surface area contributed by atoms with Crippen molar-refractivity contribution in [2.45, 2.75) is 29.3 Å². The van der Waals surface area contributed by atoms with Crippen LogP contribution in [0.25, 0.3) is 0 Å². The lowest BCUT2D eigenvalue weighted by Crippen LogP contribution is -2.61. The van der Waals surface area contributed by atoms with E-state index in [4.69, 9.17) is 21.1 Å². The van der Waals surface area contributed by atoms with Crippen LogP contribution in [0.5, 0.6) is 5.75 Å². The maximum absolute atomic E-state index is 13.7. The molecular weight excluding hydrogens is 503 g/mol. The van der Waals surface area contributed by atoms with Gasteiger partial charge in [0.1, 0.15) is 18.5 Å². The molecule has 164 valence electrons. The van der Waals surface area contributed by atoms with E-state index in [1.807, 2.05) is 6.07 Å². The number of nitrogens with zero attached hydrogens (tertiary/aromatic N) is 3. The zero-order chi connectivity index (χ0) is 22.9. The Kier molecular flexibility index (Phi) is 6.51. The molecule has 11 heteroatoms. The average Bonchev–Trinajstić information content (AvgIpc) is 2.71. The molecule has 0 bridgehead atoms. The predicted molar refractivity (Wildman–Crippen MR) is 111 cm³/mol. The van der Waals surface area contributed by atoms with Gasteiger partial charge in [0.2, 0.25) is 0 Å². The minimum atomic E-state index is -4.97. The van der Waals surface area contributed by atoms with Gasteiger partial charge in [-0.3, -0.25) is 9.79 Å². The van der Waals surface area contributed by atoms with E-state index in [0.717, 1.165) is 4.90 Å². The topological polar surface area (TPSA) is 74.9 Å². The number of ether oxygens (including phenoxy) is 2. The highest BCUT2D eigenvalue weighted by Gasteiger charge is 2.60. The number of aliphatic imine (C=N–C) groups is 1. The lowest BCUT2D eigenvalue weighted by atomic mass is 9.95. The van der Waals surface area contributed by atoms with Crippen molar-refractivity contribution in [3.05, 3.63) is 53.1 Å². The van der Waals surface area contributed by atoms with Crippen molar-refractivity contribution >= 4 is 39.1 Å². The Hall–Kier alpha value is -2.35. The van der Waals surface area contributed by atoms with Gasteiger partial charge >= 0.3 is 6.18 Å². The summed E-state index contributed by atoms with van der Waals surface area (Å²) in [4.78, 5) is 17.9. The molecule has 1 aromatic carbocycles. The van der Waals surface area contributed by atoms with Gasteiger partial charge < -0.3 is 14.4 Å². The SMILES string of the molecule is COc1ccc(CN2CN=C(C(F)(F)F)C(Br)(OC3(C#N)C=C(Cl)C=CC3)C2=O)cc1. The third-order valence-electron chi connectivity index (χ3n) is 4.65. The highest BCUT2D eigenvalue weighted by molar-refractivity contribution is 9.10. The Bertz CT molecular complexity index is 1000. The molecule has 0 radical (unpaired) electrons. The summed E-state index contributed by atoms with van der Waals surface area (Å²) in [6, 6.07) is 8.50. The van der Waals surface area contributed by atoms with Gasteiger partial charge in [-0.1, -0.05) is 29.8 Å². The zero-order valence-electron chi connectivity index (χ0n) is 16.1. The third kappa shape index (κ3) is 4.79. The van der Waals surface area contributed by atoms with E-state index in [-0.39, 0.29) is 18.0 Å². The number of methoxy groups -OCH3 is 1. The number of halogens is 5. The fourth-order valence-corrected chi connectivity index (χ4v) is 4.32. The van der Waals surface area contributed by atoms with E-state index in [1.165, 1.54) is 25.3 Å². The van der Waals surface area contributed by atoms with Gasteiger partial charge in [-0.15, -0.1) is 0 Å². The van der Waals surface area contributed by atoms with Gasteiger partial charge in [0.05, 0.1) is 7.11 Å². The molecule has 1 heterocycles. The number of hydrogen-bond donors (Lipinski definition) is 0. The first kappa shape index (κ1) is 23.3. The normalized spacial score (nSPS) is 26.2. The van der Waals surface area contributed by atoms with Gasteiger partial charge in [-0.05, 0) is 45.8 Å². The van der Waals surface area contributed by atoms with Crippen LogP contribution in [0.2, 0.25) is 0 Å². The summed E-state index contributed by atoms with van der Waals surface area (Å²) in [5.41, 5.74) is -2.71. The highest BCUT2D eigenvalue weighted by atomic mass is 79.9. The predicted octanol–water partition coefficient (Wildman–Crippen LogP) is 4.45. The van der Waals surface area contributed by atoms with E-state index < -0.39 is 34.6 Å². The molecule has 0 aromatic heterocycles. The monoisotopic (exact) mass is 517 g/mol. The number of nitriles is 1. The summed E-state index contributed by atoms with van der Waals surface area (Å²) in [7, 11) is 1.50. The summed E-state index contributed by atoms with van der Waals surface area (Å²) in [5, 5.41) is 9.74. The molecule has 6 nitrogen and oxygen atoms in total. The number of amides is 1. The number of carbonyl (C=O) groups excluding carboxylic acids is 1. The zero-order valence-corrected chi connectivity index (χ0v) is 18.5. The smallest absolute Gasteiger partial charge is 0.433 e. The molecule has 2 aliphatic rings. The Morgan fingerprint density at radius 2 is 2.03 bits per heavy atom. The van der Waals surface area contributed by atoms with Gasteiger partial charge in [0.25, 0.3) is 10.4 Å². The molecule has 2 atom stereocenters. The average molecular weight is 519 g/mol. The molecule has 1 amide bonds. The van der Waals surface area contributed by atoms with Gasteiger partial charge in [0, 0.05) is 18.0 Å². The maximum atomic E-state index is 13.7. The molecule has 3 rings (SSSR count). The van der Waals surface area contributed by atoms with Crippen LogP contribution in [0.15, 0.2) is 52.5 Å². The van der Waals surface area contributed by atoms with E-state index >= 15 is 0 Å². The molecule has 1 aliphatic carbocycles. The molecular formula is C20H16BrClF3N3O3. The second-order valence-electron chi connectivity index (χ2n) is 6.83. The minimum Gasteiger partial charge on any atom is -0.497 e. The molecule has 0 fully saturated rings. The van der Waals surface area contributed by atoms with Gasteiger partial charge in [-0.2, -0.15) is 18.4 Å². The van der Waals surface area contributed by atoms with Crippen LogP contribution in [0, 0.1) is 11.3 Å². The highest BCUT2D eigenvalue weighted by Crippen LogP contribution is 2.42. The number of benzene rings is 1. The number of hydrogen-bond acceptors (Lipinski definition) is 5. The Morgan fingerprint density at radius 3 is 2.58 bits per heavy atom. The molecule has 31 heavy (non-hydrogen) atoms. The molecule has 1 aliphatic heterocycles. The van der Waals surface area contributed by atoms with E-state index in [9.17, 15) is 23.2 Å². The van der Waals surface area contributed by atoms with Gasteiger partial charge in [-0.25, -0.2) is 0 Å². The lowest BCUT2D eigenvalue weighted by molar-refractivity contribution is -0.153. The van der Waals surface area contributed by atoms with E-state index in [2.05, 4.69) is 20.9 Å². The van der Waals surface area contributed by atoms with Crippen molar-refractivity contribution < 1.29 is 27.4 Å². The first-order chi connectivity index (χ1) is 14.5. The molecule has 0 saturated heterocycles. The quantitative estimate of drug-likeness (QED) is 0.540. The van der Waals surface area contributed by atoms with Crippen molar-refractivity contribution in [3.63, 3.8) is 0 Å². The first-order valence-electron chi connectivity index (χ1n) is 8.93. The van der Waals surface area contributed by atoms with E-state index in [1.54, 1.807) is 24.3 Å². The summed E-state index contributed by atoms with van der Waals surface area (Å²) in [6.07, 6.45) is -0.932. The van der Waals surface area contributed by atoms with Crippen molar-refractivity contribution in [1.29, 1.82) is 5.26 Å². The molecule has 0 saturated carbocycles. The third-order valence-corrected chi connectivity index (χ3v) is 5.76. The van der Waals surface area contributed by atoms with Crippen LogP contribution >= 0.6 is 27.5 Å². The van der Waals surface area contributed by atoms with Crippen LogP contribution in [0.4, 0.5) is 13.2 Å². The molecule has 2 unspecified atom stereocenters.